The number of carboxylic acid groups (broad SMARTS) is 1. The lowest BCUT2D eigenvalue weighted by atomic mass is 9.92. The number of ether oxygens (including phenoxy) is 1. The van der Waals surface area contributed by atoms with Gasteiger partial charge in [-0.05, 0) is 18.9 Å². The van der Waals surface area contributed by atoms with Crippen molar-refractivity contribution in [1.82, 2.24) is 0 Å². The summed E-state index contributed by atoms with van der Waals surface area (Å²) in [5.41, 5.74) is -0.545. The Hall–Kier alpha value is -1.69. The molecule has 1 saturated carbocycles. The van der Waals surface area contributed by atoms with Crippen LogP contribution in [-0.2, 0) is 4.74 Å². The van der Waals surface area contributed by atoms with Gasteiger partial charge in [-0.15, -0.1) is 0 Å². The molecule has 0 bridgehead atoms. The fraction of sp³-hybridized carbons (Fsp3) is 0.500. The molecule has 2 N–H and O–H groups in total. The maximum Gasteiger partial charge on any atom is 0.338 e. The summed E-state index contributed by atoms with van der Waals surface area (Å²) in [4.78, 5) is 10.9. The molecular weight excluding hydrogens is 268 g/mol. The summed E-state index contributed by atoms with van der Waals surface area (Å²) in [6.45, 7) is 0. The van der Waals surface area contributed by atoms with Crippen molar-refractivity contribution in [2.75, 3.05) is 12.4 Å². The van der Waals surface area contributed by atoms with E-state index in [0.29, 0.717) is 6.07 Å². The maximum atomic E-state index is 13.7. The van der Waals surface area contributed by atoms with Crippen LogP contribution >= 0.6 is 0 Å². The molecule has 1 aliphatic rings. The average molecular weight is 285 g/mol. The molecule has 0 aliphatic heterocycles. The van der Waals surface area contributed by atoms with Crippen molar-refractivity contribution in [3.05, 3.63) is 29.3 Å². The first-order chi connectivity index (χ1) is 9.52. The highest BCUT2D eigenvalue weighted by atomic mass is 19.1. The lowest BCUT2D eigenvalue weighted by Gasteiger charge is -2.32. The molecule has 0 radical (unpaired) electrons. The minimum atomic E-state index is -1.42. The van der Waals surface area contributed by atoms with Gasteiger partial charge in [0.2, 0.25) is 0 Å². The van der Waals surface area contributed by atoms with Crippen LogP contribution in [-0.4, -0.2) is 30.3 Å². The molecular formula is C14H17F2NO3. The molecule has 0 heterocycles. The van der Waals surface area contributed by atoms with E-state index in [1.807, 2.05) is 0 Å². The Morgan fingerprint density at radius 3 is 2.65 bits per heavy atom. The van der Waals surface area contributed by atoms with Crippen LogP contribution < -0.4 is 5.32 Å². The summed E-state index contributed by atoms with van der Waals surface area (Å²) >= 11 is 0. The van der Waals surface area contributed by atoms with Crippen LogP contribution in [0.3, 0.4) is 0 Å². The van der Waals surface area contributed by atoms with Crippen molar-refractivity contribution in [3.63, 3.8) is 0 Å². The molecule has 4 nitrogen and oxygen atoms in total. The number of rotatable bonds is 4. The lowest BCUT2D eigenvalue weighted by Crippen LogP contribution is -2.38. The molecule has 20 heavy (non-hydrogen) atoms. The molecule has 0 amide bonds. The van der Waals surface area contributed by atoms with Gasteiger partial charge in [-0.3, -0.25) is 0 Å². The van der Waals surface area contributed by atoms with Crippen molar-refractivity contribution < 1.29 is 23.4 Å². The summed E-state index contributed by atoms with van der Waals surface area (Å²) < 4.78 is 32.4. The third-order valence-electron chi connectivity index (χ3n) is 3.63. The van der Waals surface area contributed by atoms with Crippen LogP contribution in [0.1, 0.15) is 36.0 Å². The molecule has 0 saturated heterocycles. The smallest absolute Gasteiger partial charge is 0.338 e. The number of halogens is 2. The van der Waals surface area contributed by atoms with Crippen molar-refractivity contribution in [1.29, 1.82) is 0 Å². The van der Waals surface area contributed by atoms with Crippen molar-refractivity contribution in [3.8, 4) is 0 Å². The minimum Gasteiger partial charge on any atom is -0.478 e. The van der Waals surface area contributed by atoms with Crippen LogP contribution in [0.2, 0.25) is 0 Å². The average Bonchev–Trinajstić information content (AvgIpc) is 2.42. The predicted octanol–water partition coefficient (Wildman–Crippen LogP) is 3.03. The monoisotopic (exact) mass is 285 g/mol. The van der Waals surface area contributed by atoms with Crippen LogP contribution in [0, 0.1) is 11.6 Å². The second-order valence-electron chi connectivity index (χ2n) is 4.93. The Morgan fingerprint density at radius 1 is 1.30 bits per heavy atom. The van der Waals surface area contributed by atoms with Gasteiger partial charge in [-0.2, -0.15) is 0 Å². The Kier molecular flexibility index (Phi) is 4.54. The zero-order valence-corrected chi connectivity index (χ0v) is 11.2. The molecule has 2 rings (SSSR count). The third kappa shape index (κ3) is 3.07. The highest BCUT2D eigenvalue weighted by molar-refractivity contribution is 5.89. The van der Waals surface area contributed by atoms with Gasteiger partial charge in [-0.1, -0.05) is 12.8 Å². The number of nitrogens with one attached hydrogen (secondary N) is 1. The normalized spacial score (nSPS) is 22.6. The first-order valence-electron chi connectivity index (χ1n) is 6.54. The predicted molar refractivity (Wildman–Crippen MR) is 70.0 cm³/mol. The number of methoxy groups -OCH3 is 1. The second-order valence-corrected chi connectivity index (χ2v) is 4.93. The van der Waals surface area contributed by atoms with Gasteiger partial charge in [0, 0.05) is 13.2 Å². The number of hydrogen-bond acceptors (Lipinski definition) is 3. The molecule has 1 aromatic carbocycles. The molecule has 0 aromatic heterocycles. The highest BCUT2D eigenvalue weighted by Gasteiger charge is 2.26. The minimum absolute atomic E-state index is 0.00208. The van der Waals surface area contributed by atoms with Gasteiger partial charge in [0.15, 0.2) is 0 Å². The first kappa shape index (κ1) is 14.7. The Morgan fingerprint density at radius 2 is 2.00 bits per heavy atom. The van der Waals surface area contributed by atoms with E-state index in [9.17, 15) is 13.6 Å². The van der Waals surface area contributed by atoms with Crippen LogP contribution in [0.4, 0.5) is 14.5 Å². The van der Waals surface area contributed by atoms with E-state index in [4.69, 9.17) is 9.84 Å². The van der Waals surface area contributed by atoms with E-state index in [1.54, 1.807) is 7.11 Å². The van der Waals surface area contributed by atoms with Gasteiger partial charge in [0.05, 0.1) is 23.4 Å². The number of anilines is 1. The van der Waals surface area contributed by atoms with E-state index in [-0.39, 0.29) is 17.8 Å². The summed E-state index contributed by atoms with van der Waals surface area (Å²) in [6.07, 6.45) is 3.65. The second kappa shape index (κ2) is 6.17. The first-order valence-corrected chi connectivity index (χ1v) is 6.54. The summed E-state index contributed by atoms with van der Waals surface area (Å²) in [6, 6.07) is 1.49. The third-order valence-corrected chi connectivity index (χ3v) is 3.63. The SMILES string of the molecule is COC1CCCCC1Nc1cc(C(=O)O)c(F)cc1F. The fourth-order valence-corrected chi connectivity index (χ4v) is 2.57. The lowest BCUT2D eigenvalue weighted by molar-refractivity contribution is 0.0605. The van der Waals surface area contributed by atoms with Gasteiger partial charge >= 0.3 is 5.97 Å². The van der Waals surface area contributed by atoms with E-state index >= 15 is 0 Å². The summed E-state index contributed by atoms with van der Waals surface area (Å²) in [7, 11) is 1.59. The molecule has 6 heteroatoms. The number of carbonyl (C=O) groups is 1. The van der Waals surface area contributed by atoms with Gasteiger partial charge < -0.3 is 15.2 Å². The molecule has 1 aliphatic carbocycles. The van der Waals surface area contributed by atoms with Crippen molar-refractivity contribution in [2.45, 2.75) is 37.8 Å². The van der Waals surface area contributed by atoms with E-state index in [2.05, 4.69) is 5.32 Å². The molecule has 1 aromatic rings. The van der Waals surface area contributed by atoms with E-state index < -0.39 is 23.2 Å². The molecule has 110 valence electrons. The standard InChI is InChI=1S/C14H17F2NO3/c1-20-13-5-3-2-4-11(13)17-12-6-8(14(18)19)9(15)7-10(12)16/h6-7,11,13,17H,2-5H2,1H3,(H,18,19). The number of carboxylic acids is 1. The summed E-state index contributed by atoms with van der Waals surface area (Å²) in [5.74, 6) is -3.29. The summed E-state index contributed by atoms with van der Waals surface area (Å²) in [5, 5.41) is 11.8. The molecule has 1 fully saturated rings. The number of benzene rings is 1. The Bertz CT molecular complexity index is 507. The fourth-order valence-electron chi connectivity index (χ4n) is 2.57. The zero-order valence-electron chi connectivity index (χ0n) is 11.2. The van der Waals surface area contributed by atoms with Gasteiger partial charge in [0.1, 0.15) is 11.6 Å². The number of hydrogen-bond donors (Lipinski definition) is 2. The molecule has 2 atom stereocenters. The van der Waals surface area contributed by atoms with Crippen LogP contribution in [0.25, 0.3) is 0 Å². The quantitative estimate of drug-likeness (QED) is 0.892. The van der Waals surface area contributed by atoms with Crippen LogP contribution in [0.5, 0.6) is 0 Å². The topological polar surface area (TPSA) is 58.6 Å². The van der Waals surface area contributed by atoms with E-state index in [1.165, 1.54) is 0 Å². The van der Waals surface area contributed by atoms with Crippen molar-refractivity contribution in [2.24, 2.45) is 0 Å². The Labute approximate surface area is 115 Å². The van der Waals surface area contributed by atoms with Crippen LogP contribution in [0.15, 0.2) is 12.1 Å². The van der Waals surface area contributed by atoms with E-state index in [0.717, 1.165) is 31.7 Å². The van der Waals surface area contributed by atoms with Gasteiger partial charge in [-0.25, -0.2) is 13.6 Å². The zero-order chi connectivity index (χ0) is 14.7. The molecule has 2 unspecified atom stereocenters. The maximum absolute atomic E-state index is 13.7. The molecule has 0 spiro atoms. The van der Waals surface area contributed by atoms with Gasteiger partial charge in [0.25, 0.3) is 0 Å². The van der Waals surface area contributed by atoms with Crippen molar-refractivity contribution >= 4 is 11.7 Å². The number of aromatic carboxylic acids is 1. The largest absolute Gasteiger partial charge is 0.478 e. The Balaban J connectivity index is 2.23. The highest BCUT2D eigenvalue weighted by Crippen LogP contribution is 2.27.